The average molecular weight is 346 g/mol. The second-order valence-electron chi connectivity index (χ2n) is 5.69. The third kappa shape index (κ3) is 2.92. The average Bonchev–Trinajstić information content (AvgIpc) is 3.11. The van der Waals surface area contributed by atoms with Gasteiger partial charge in [-0.25, -0.2) is 4.79 Å². The first-order valence-electron chi connectivity index (χ1n) is 7.49. The van der Waals surface area contributed by atoms with Crippen LogP contribution in [0.3, 0.4) is 0 Å². The topological polar surface area (TPSA) is 74.9 Å². The van der Waals surface area contributed by atoms with Gasteiger partial charge in [0, 0.05) is 10.6 Å². The van der Waals surface area contributed by atoms with Crippen LogP contribution in [0.5, 0.6) is 0 Å². The van der Waals surface area contributed by atoms with Crippen LogP contribution >= 0.6 is 11.6 Å². The summed E-state index contributed by atoms with van der Waals surface area (Å²) in [4.78, 5) is 24.1. The van der Waals surface area contributed by atoms with E-state index in [4.69, 9.17) is 16.0 Å². The Balaban J connectivity index is 1.77. The van der Waals surface area contributed by atoms with Crippen molar-refractivity contribution in [2.45, 2.75) is 25.8 Å². The molecule has 0 aliphatic carbocycles. The van der Waals surface area contributed by atoms with Crippen LogP contribution in [0.4, 0.5) is 4.79 Å². The Kier molecular flexibility index (Phi) is 4.15. The largest absolute Gasteiger partial charge is 0.455 e. The van der Waals surface area contributed by atoms with Crippen LogP contribution in [0.15, 0.2) is 45.9 Å². The number of nitrogens with zero attached hydrogens (tertiary/aromatic N) is 2. The number of hydrogen-bond acceptors (Lipinski definition) is 4. The molecule has 2 heterocycles. The summed E-state index contributed by atoms with van der Waals surface area (Å²) >= 11 is 5.86. The summed E-state index contributed by atoms with van der Waals surface area (Å²) in [6.45, 7) is 3.50. The number of halogens is 1. The highest BCUT2D eigenvalue weighted by atomic mass is 35.5. The van der Waals surface area contributed by atoms with Gasteiger partial charge in [0.2, 0.25) is 0 Å². The number of imide groups is 1. The van der Waals surface area contributed by atoms with E-state index in [1.165, 1.54) is 6.21 Å². The maximum atomic E-state index is 12.2. The van der Waals surface area contributed by atoms with Crippen LogP contribution in [0.2, 0.25) is 5.02 Å². The first-order chi connectivity index (χ1) is 11.4. The Bertz CT molecular complexity index is 813. The zero-order valence-electron chi connectivity index (χ0n) is 13.2. The van der Waals surface area contributed by atoms with Gasteiger partial charge in [-0.2, -0.15) is 5.10 Å². The smallest absolute Gasteiger partial charge is 0.346 e. The molecule has 1 aliphatic heterocycles. The highest BCUT2D eigenvalue weighted by Crippen LogP contribution is 2.24. The fourth-order valence-electron chi connectivity index (χ4n) is 2.32. The Labute approximate surface area is 144 Å². The minimum Gasteiger partial charge on any atom is -0.455 e. The Morgan fingerprint density at radius 3 is 2.58 bits per heavy atom. The molecule has 1 aromatic carbocycles. The fraction of sp³-hybridized carbons (Fsp3) is 0.235. The van der Waals surface area contributed by atoms with Gasteiger partial charge in [-0.1, -0.05) is 18.5 Å². The van der Waals surface area contributed by atoms with E-state index in [1.54, 1.807) is 31.2 Å². The molecule has 0 radical (unpaired) electrons. The highest BCUT2D eigenvalue weighted by molar-refractivity contribution is 6.30. The Morgan fingerprint density at radius 2 is 1.96 bits per heavy atom. The van der Waals surface area contributed by atoms with Crippen molar-refractivity contribution in [3.63, 3.8) is 0 Å². The first kappa shape index (κ1) is 16.3. The van der Waals surface area contributed by atoms with E-state index in [0.29, 0.717) is 23.0 Å². The number of hydrazone groups is 1. The van der Waals surface area contributed by atoms with Gasteiger partial charge in [-0.15, -0.1) is 5.01 Å². The molecule has 6 nitrogen and oxygen atoms in total. The summed E-state index contributed by atoms with van der Waals surface area (Å²) < 4.78 is 5.66. The van der Waals surface area contributed by atoms with E-state index in [2.05, 4.69) is 10.4 Å². The molecule has 1 atom stereocenters. The Hall–Kier alpha value is -2.60. The predicted molar refractivity (Wildman–Crippen MR) is 90.8 cm³/mol. The molecule has 3 rings (SSSR count). The number of carbonyl (C=O) groups is 2. The van der Waals surface area contributed by atoms with Gasteiger partial charge in [0.05, 0.1) is 6.21 Å². The Morgan fingerprint density at radius 1 is 1.25 bits per heavy atom. The van der Waals surface area contributed by atoms with E-state index >= 15 is 0 Å². The lowest BCUT2D eigenvalue weighted by atomic mass is 10.00. The summed E-state index contributed by atoms with van der Waals surface area (Å²) in [5.74, 6) is 0.699. The normalized spacial score (nSPS) is 20.9. The standard InChI is InChI=1S/C17H16ClN3O3/c1-3-17(2)15(22)21(16(23)20-17)19-10-13-8-9-14(24-13)11-4-6-12(18)7-5-11/h4-10H,3H2,1-2H3,(H,20,23)/b19-10-/t17-/m1/s1. The zero-order valence-corrected chi connectivity index (χ0v) is 14.0. The highest BCUT2D eigenvalue weighted by Gasteiger charge is 2.46. The summed E-state index contributed by atoms with van der Waals surface area (Å²) in [5, 5.41) is 8.06. The van der Waals surface area contributed by atoms with Gasteiger partial charge in [-0.3, -0.25) is 4.79 Å². The second-order valence-corrected chi connectivity index (χ2v) is 6.12. The lowest BCUT2D eigenvalue weighted by molar-refractivity contribution is -0.130. The fourth-order valence-corrected chi connectivity index (χ4v) is 2.45. The molecule has 1 aromatic heterocycles. The number of benzene rings is 1. The van der Waals surface area contributed by atoms with Crippen molar-refractivity contribution in [2.24, 2.45) is 5.10 Å². The van der Waals surface area contributed by atoms with Gasteiger partial charge in [-0.05, 0) is 49.7 Å². The summed E-state index contributed by atoms with van der Waals surface area (Å²) in [6.07, 6.45) is 1.84. The molecule has 1 aliphatic rings. The number of urea groups is 1. The summed E-state index contributed by atoms with van der Waals surface area (Å²) in [5.41, 5.74) is -0.0425. The second kappa shape index (κ2) is 6.13. The van der Waals surface area contributed by atoms with E-state index < -0.39 is 11.6 Å². The molecule has 1 N–H and O–H groups in total. The molecule has 0 saturated carbocycles. The van der Waals surface area contributed by atoms with Crippen molar-refractivity contribution in [3.8, 4) is 11.3 Å². The summed E-state index contributed by atoms with van der Waals surface area (Å²) in [7, 11) is 0. The lowest BCUT2D eigenvalue weighted by Gasteiger charge is -2.17. The maximum absolute atomic E-state index is 12.2. The van der Waals surface area contributed by atoms with Crippen molar-refractivity contribution in [2.75, 3.05) is 0 Å². The maximum Gasteiger partial charge on any atom is 0.346 e. The molecule has 1 fully saturated rings. The van der Waals surface area contributed by atoms with Crippen LogP contribution in [0.1, 0.15) is 26.0 Å². The number of furan rings is 1. The summed E-state index contributed by atoms with van der Waals surface area (Å²) in [6, 6.07) is 10.2. The van der Waals surface area contributed by atoms with Crippen LogP contribution in [-0.2, 0) is 4.79 Å². The number of amides is 3. The molecule has 1 saturated heterocycles. The predicted octanol–water partition coefficient (Wildman–Crippen LogP) is 3.65. The molecule has 0 bridgehead atoms. The number of hydrogen-bond donors (Lipinski definition) is 1. The van der Waals surface area contributed by atoms with Crippen molar-refractivity contribution in [3.05, 3.63) is 47.2 Å². The van der Waals surface area contributed by atoms with E-state index in [9.17, 15) is 9.59 Å². The van der Waals surface area contributed by atoms with Crippen LogP contribution in [0, 0.1) is 0 Å². The first-order valence-corrected chi connectivity index (χ1v) is 7.87. The quantitative estimate of drug-likeness (QED) is 0.678. The lowest BCUT2D eigenvalue weighted by Crippen LogP contribution is -2.42. The van der Waals surface area contributed by atoms with Crippen LogP contribution < -0.4 is 5.32 Å². The van der Waals surface area contributed by atoms with Gasteiger partial charge < -0.3 is 9.73 Å². The zero-order chi connectivity index (χ0) is 17.3. The van der Waals surface area contributed by atoms with Gasteiger partial charge in [0.25, 0.3) is 5.91 Å². The molecule has 7 heteroatoms. The van der Waals surface area contributed by atoms with Gasteiger partial charge in [0.15, 0.2) is 0 Å². The number of rotatable bonds is 4. The third-order valence-corrected chi connectivity index (χ3v) is 4.25. The third-order valence-electron chi connectivity index (χ3n) is 4.00. The molecular weight excluding hydrogens is 330 g/mol. The van der Waals surface area contributed by atoms with Gasteiger partial charge in [0.1, 0.15) is 17.1 Å². The minimum atomic E-state index is -0.911. The molecule has 3 amide bonds. The SMILES string of the molecule is CC[C@@]1(C)NC(=O)N(/N=C\c2ccc(-c3ccc(Cl)cc3)o2)C1=O. The van der Waals surface area contributed by atoms with Crippen molar-refractivity contribution in [1.29, 1.82) is 0 Å². The van der Waals surface area contributed by atoms with Crippen LogP contribution in [0.25, 0.3) is 11.3 Å². The number of carbonyl (C=O) groups excluding carboxylic acids is 2. The molecule has 2 aromatic rings. The molecule has 24 heavy (non-hydrogen) atoms. The van der Waals surface area contributed by atoms with Crippen molar-refractivity contribution in [1.82, 2.24) is 10.3 Å². The van der Waals surface area contributed by atoms with Gasteiger partial charge >= 0.3 is 6.03 Å². The van der Waals surface area contributed by atoms with Crippen molar-refractivity contribution < 1.29 is 14.0 Å². The molecule has 0 unspecified atom stereocenters. The van der Waals surface area contributed by atoms with E-state index in [1.807, 2.05) is 19.1 Å². The minimum absolute atomic E-state index is 0.379. The molecular formula is C17H16ClN3O3. The monoisotopic (exact) mass is 345 g/mol. The molecule has 0 spiro atoms. The van der Waals surface area contributed by atoms with E-state index in [-0.39, 0.29) is 5.91 Å². The van der Waals surface area contributed by atoms with Crippen molar-refractivity contribution >= 4 is 29.8 Å². The van der Waals surface area contributed by atoms with Crippen LogP contribution in [-0.4, -0.2) is 28.7 Å². The number of nitrogens with one attached hydrogen (secondary N) is 1. The van der Waals surface area contributed by atoms with E-state index in [0.717, 1.165) is 10.6 Å². The molecule has 124 valence electrons.